The molecule has 132 valence electrons. The van der Waals surface area contributed by atoms with Crippen molar-refractivity contribution >= 4 is 17.7 Å². The van der Waals surface area contributed by atoms with Gasteiger partial charge in [-0.1, -0.05) is 88.4 Å². The predicted octanol–water partition coefficient (Wildman–Crippen LogP) is 5.69. The van der Waals surface area contributed by atoms with E-state index in [0.29, 0.717) is 0 Å². The number of rotatable bonds is 5. The summed E-state index contributed by atoms with van der Waals surface area (Å²) in [6.45, 7) is 8.52. The van der Waals surface area contributed by atoms with E-state index in [2.05, 4.69) is 51.1 Å². The summed E-state index contributed by atoms with van der Waals surface area (Å²) in [6, 6.07) is 18.3. The van der Waals surface area contributed by atoms with Crippen LogP contribution in [-0.4, -0.2) is 13.0 Å². The topological polar surface area (TPSA) is 20.3 Å². The van der Waals surface area contributed by atoms with Crippen molar-refractivity contribution in [3.8, 4) is 0 Å². The number of hydrogen-bond acceptors (Lipinski definition) is 1. The fourth-order valence-corrected chi connectivity index (χ4v) is 2.92. The van der Waals surface area contributed by atoms with Crippen LogP contribution in [0.1, 0.15) is 45.2 Å². The molecule has 0 heterocycles. The Kier molecular flexibility index (Phi) is 6.19. The summed E-state index contributed by atoms with van der Waals surface area (Å²) in [7, 11) is 1.88. The van der Waals surface area contributed by atoms with Gasteiger partial charge in [-0.2, -0.15) is 0 Å². The Balaban J connectivity index is 2.08. The molecule has 25 heavy (non-hydrogen) atoms. The lowest BCUT2D eigenvalue weighted by Crippen LogP contribution is -2.33. The molecule has 2 aromatic rings. The molecule has 0 saturated heterocycles. The van der Waals surface area contributed by atoms with Crippen molar-refractivity contribution in [1.29, 1.82) is 0 Å². The van der Waals surface area contributed by atoms with E-state index >= 15 is 0 Å². The van der Waals surface area contributed by atoms with Gasteiger partial charge in [0.2, 0.25) is 5.91 Å². The number of anilines is 1. The highest BCUT2D eigenvalue weighted by molar-refractivity contribution is 5.95. The minimum Gasteiger partial charge on any atom is -0.315 e. The van der Waals surface area contributed by atoms with E-state index < -0.39 is 0 Å². The van der Waals surface area contributed by atoms with Gasteiger partial charge < -0.3 is 4.90 Å². The Morgan fingerprint density at radius 1 is 1.04 bits per heavy atom. The molecule has 0 aliphatic carbocycles. The van der Waals surface area contributed by atoms with Crippen molar-refractivity contribution < 1.29 is 4.79 Å². The number of carbonyl (C=O) groups excluding carboxylic acids is 1. The van der Waals surface area contributed by atoms with Gasteiger partial charge in [0.1, 0.15) is 0 Å². The molecular weight excluding hydrogens is 306 g/mol. The van der Waals surface area contributed by atoms with Crippen LogP contribution in [0.5, 0.6) is 0 Å². The van der Waals surface area contributed by atoms with Gasteiger partial charge in [-0.05, 0) is 29.0 Å². The van der Waals surface area contributed by atoms with Crippen LogP contribution in [0.4, 0.5) is 5.69 Å². The maximum atomic E-state index is 12.9. The third kappa shape index (κ3) is 5.06. The van der Waals surface area contributed by atoms with E-state index in [1.54, 1.807) is 0 Å². The van der Waals surface area contributed by atoms with Crippen LogP contribution in [0.25, 0.3) is 6.08 Å². The van der Waals surface area contributed by atoms with Crippen molar-refractivity contribution in [2.24, 2.45) is 5.92 Å². The molecule has 0 fully saturated rings. The summed E-state index contributed by atoms with van der Waals surface area (Å²) < 4.78 is 0. The lowest BCUT2D eigenvalue weighted by atomic mass is 9.85. The zero-order chi connectivity index (χ0) is 18.4. The third-order valence-electron chi connectivity index (χ3n) is 4.43. The summed E-state index contributed by atoms with van der Waals surface area (Å²) in [4.78, 5) is 14.7. The number of hydrogen-bond donors (Lipinski definition) is 0. The second kappa shape index (κ2) is 8.15. The van der Waals surface area contributed by atoms with Crippen LogP contribution in [-0.2, 0) is 10.2 Å². The molecule has 1 atom stereocenters. The Morgan fingerprint density at radius 2 is 1.64 bits per heavy atom. The first kappa shape index (κ1) is 19.0. The largest absolute Gasteiger partial charge is 0.315 e. The van der Waals surface area contributed by atoms with Gasteiger partial charge >= 0.3 is 0 Å². The highest BCUT2D eigenvalue weighted by atomic mass is 16.2. The van der Waals surface area contributed by atoms with E-state index in [9.17, 15) is 4.79 Å². The smallest absolute Gasteiger partial charge is 0.229 e. The molecule has 0 bridgehead atoms. The second-order valence-electron chi connectivity index (χ2n) is 7.61. The molecule has 0 spiro atoms. The molecule has 1 amide bonds. The van der Waals surface area contributed by atoms with Gasteiger partial charge in [0.15, 0.2) is 0 Å². The highest BCUT2D eigenvalue weighted by Crippen LogP contribution is 2.32. The Morgan fingerprint density at radius 3 is 2.28 bits per heavy atom. The molecule has 1 unspecified atom stereocenters. The van der Waals surface area contributed by atoms with E-state index in [1.165, 1.54) is 5.56 Å². The van der Waals surface area contributed by atoms with Crippen molar-refractivity contribution in [3.63, 3.8) is 0 Å². The van der Waals surface area contributed by atoms with Crippen molar-refractivity contribution in [2.45, 2.75) is 39.5 Å². The summed E-state index contributed by atoms with van der Waals surface area (Å²) in [6.07, 6.45) is 4.89. The molecule has 0 aliphatic rings. The Hall–Kier alpha value is -2.35. The molecule has 2 nitrogen and oxygen atoms in total. The fraction of sp³-hybridized carbons (Fsp3) is 0.348. The van der Waals surface area contributed by atoms with Crippen LogP contribution in [0.2, 0.25) is 0 Å². The summed E-state index contributed by atoms with van der Waals surface area (Å²) in [5.41, 5.74) is 3.35. The maximum Gasteiger partial charge on any atom is 0.229 e. The highest BCUT2D eigenvalue weighted by Gasteiger charge is 2.24. The molecule has 0 N–H and O–H groups in total. The van der Waals surface area contributed by atoms with Crippen LogP contribution in [0, 0.1) is 5.92 Å². The number of amides is 1. The van der Waals surface area contributed by atoms with Gasteiger partial charge in [0, 0.05) is 18.7 Å². The van der Waals surface area contributed by atoms with Crippen molar-refractivity contribution in [3.05, 3.63) is 71.8 Å². The molecule has 0 radical (unpaired) electrons. The summed E-state index contributed by atoms with van der Waals surface area (Å²) >= 11 is 0. The first-order valence-corrected chi connectivity index (χ1v) is 8.89. The first-order valence-electron chi connectivity index (χ1n) is 8.89. The zero-order valence-electron chi connectivity index (χ0n) is 16.0. The van der Waals surface area contributed by atoms with Crippen LogP contribution < -0.4 is 4.90 Å². The number of carbonyl (C=O) groups is 1. The normalized spacial score (nSPS) is 13.0. The molecular formula is C23H29NO. The fourth-order valence-electron chi connectivity index (χ4n) is 2.92. The third-order valence-corrected chi connectivity index (χ3v) is 4.43. The van der Waals surface area contributed by atoms with E-state index in [4.69, 9.17) is 0 Å². The standard InChI is InChI=1S/C23H29NO/c1-18(12-11-15-19-13-7-6-8-14-19)22(25)24(5)21-17-10-9-16-20(21)23(2,3)4/h6-11,13-18H,12H2,1-5H3/b15-11+. The van der Waals surface area contributed by atoms with Crippen LogP contribution in [0.3, 0.4) is 0 Å². The molecule has 2 rings (SSSR count). The van der Waals surface area contributed by atoms with E-state index in [0.717, 1.165) is 17.7 Å². The van der Waals surface area contributed by atoms with Crippen molar-refractivity contribution in [2.75, 3.05) is 11.9 Å². The Labute approximate surface area is 152 Å². The lowest BCUT2D eigenvalue weighted by Gasteiger charge is -2.29. The molecule has 2 aromatic carbocycles. The average Bonchev–Trinajstić information content (AvgIpc) is 2.60. The SMILES string of the molecule is CC(C/C=C/c1ccccc1)C(=O)N(C)c1ccccc1C(C)(C)C. The predicted molar refractivity (Wildman–Crippen MR) is 108 cm³/mol. The minimum atomic E-state index is -0.0574. The molecule has 0 aliphatic heterocycles. The number of nitrogens with zero attached hydrogens (tertiary/aromatic N) is 1. The van der Waals surface area contributed by atoms with Gasteiger partial charge in [0.25, 0.3) is 0 Å². The average molecular weight is 335 g/mol. The van der Waals surface area contributed by atoms with Gasteiger partial charge in [-0.15, -0.1) is 0 Å². The zero-order valence-corrected chi connectivity index (χ0v) is 16.0. The van der Waals surface area contributed by atoms with Crippen LogP contribution in [0.15, 0.2) is 60.7 Å². The van der Waals surface area contributed by atoms with Crippen molar-refractivity contribution in [1.82, 2.24) is 0 Å². The van der Waals surface area contributed by atoms with Gasteiger partial charge in [0.05, 0.1) is 0 Å². The summed E-state index contributed by atoms with van der Waals surface area (Å²) in [5, 5.41) is 0. The number of benzene rings is 2. The first-order chi connectivity index (χ1) is 11.8. The molecule has 0 aromatic heterocycles. The van der Waals surface area contributed by atoms with E-state index in [1.807, 2.05) is 55.3 Å². The molecule has 2 heteroatoms. The maximum absolute atomic E-state index is 12.9. The number of allylic oxidation sites excluding steroid dienone is 1. The Bertz CT molecular complexity index is 725. The lowest BCUT2D eigenvalue weighted by molar-refractivity contribution is -0.121. The van der Waals surface area contributed by atoms with Crippen LogP contribution >= 0.6 is 0 Å². The van der Waals surface area contributed by atoms with Gasteiger partial charge in [-0.3, -0.25) is 4.79 Å². The summed E-state index contributed by atoms with van der Waals surface area (Å²) in [5.74, 6) is 0.0902. The van der Waals surface area contributed by atoms with Gasteiger partial charge in [-0.25, -0.2) is 0 Å². The quantitative estimate of drug-likeness (QED) is 0.687. The second-order valence-corrected chi connectivity index (χ2v) is 7.61. The number of para-hydroxylation sites is 1. The minimum absolute atomic E-state index is 0.00157. The molecule has 0 saturated carbocycles. The van der Waals surface area contributed by atoms with E-state index in [-0.39, 0.29) is 17.2 Å². The monoisotopic (exact) mass is 335 g/mol.